The van der Waals surface area contributed by atoms with Gasteiger partial charge in [0, 0.05) is 11.6 Å². The molecule has 0 saturated carbocycles. The second-order valence-corrected chi connectivity index (χ2v) is 2.40. The molecule has 0 atom stereocenters. The molecule has 0 bridgehead atoms. The van der Waals surface area contributed by atoms with Gasteiger partial charge in [0.2, 0.25) is 0 Å². The third-order valence-corrected chi connectivity index (χ3v) is 1.50. The molecule has 1 N–H and O–H groups in total. The maximum Gasteiger partial charge on any atom is 1.00 e. The average Bonchev–Trinajstić information content (AvgIpc) is 2.04. The second-order valence-electron chi connectivity index (χ2n) is 2.40. The quantitative estimate of drug-likeness (QED) is 0.557. The zero-order chi connectivity index (χ0) is 9.84. The monoisotopic (exact) mass is 220 g/mol. The van der Waals surface area contributed by atoms with Crippen molar-refractivity contribution in [1.82, 2.24) is 0 Å². The summed E-state index contributed by atoms with van der Waals surface area (Å²) in [6, 6.07) is 3.96. The zero-order valence-corrected chi connectivity index (χ0v) is 11.2. The van der Waals surface area contributed by atoms with Crippen LogP contribution in [0.25, 0.3) is 0 Å². The average molecular weight is 220 g/mol. The Morgan fingerprint density at radius 2 is 2.21 bits per heavy atom. The smallest absolute Gasteiger partial charge is 0.545 e. The largest absolute Gasteiger partial charge is 1.00 e. The Morgan fingerprint density at radius 1 is 1.57 bits per heavy atom. The molecule has 1 aromatic rings. The minimum atomic E-state index is -1.40. The van der Waals surface area contributed by atoms with Gasteiger partial charge in [-0.05, 0) is 19.1 Å². The number of carboxylic acids is 1. The molecule has 0 heterocycles. The van der Waals surface area contributed by atoms with E-state index in [-0.39, 0.29) is 62.7 Å². The molecular weight excluding hydrogens is 211 g/mol. The molecule has 0 fully saturated rings. The Morgan fingerprint density at radius 3 is 2.64 bits per heavy atom. The van der Waals surface area contributed by atoms with Crippen LogP contribution in [0.4, 0.5) is 0 Å². The Labute approximate surface area is 124 Å². The first kappa shape index (κ1) is 13.9. The van der Waals surface area contributed by atoms with Gasteiger partial charge >= 0.3 is 51.4 Å². The van der Waals surface area contributed by atoms with Gasteiger partial charge in [-0.15, -0.1) is 0 Å². The summed E-state index contributed by atoms with van der Waals surface area (Å²) >= 11 is 0. The van der Waals surface area contributed by atoms with Crippen LogP contribution in [0.5, 0.6) is 11.5 Å². The summed E-state index contributed by atoms with van der Waals surface area (Å²) in [5.74, 6) is -1.31. The topological polar surface area (TPSA) is 69.6 Å². The number of rotatable bonds is 3. The van der Waals surface area contributed by atoms with E-state index < -0.39 is 5.97 Å². The molecule has 1 aromatic carbocycles. The van der Waals surface area contributed by atoms with Gasteiger partial charge in [0.25, 0.3) is 0 Å². The fraction of sp³-hybridized carbons (Fsp3) is 0.222. The van der Waals surface area contributed by atoms with E-state index in [0.29, 0.717) is 12.4 Å². The van der Waals surface area contributed by atoms with E-state index in [4.69, 9.17) is 4.74 Å². The molecular formula is C9H9KO4. The van der Waals surface area contributed by atoms with Crippen molar-refractivity contribution in [3.05, 3.63) is 23.8 Å². The van der Waals surface area contributed by atoms with Crippen LogP contribution in [0.1, 0.15) is 17.3 Å². The van der Waals surface area contributed by atoms with Crippen LogP contribution in [-0.4, -0.2) is 17.7 Å². The van der Waals surface area contributed by atoms with Gasteiger partial charge in [0.15, 0.2) is 0 Å². The molecule has 0 radical (unpaired) electrons. The maximum absolute atomic E-state index is 10.4. The fourth-order valence-electron chi connectivity index (χ4n) is 0.941. The molecule has 0 aliphatic carbocycles. The first-order valence-corrected chi connectivity index (χ1v) is 3.82. The summed E-state index contributed by atoms with van der Waals surface area (Å²) in [6.07, 6.45) is 0. The number of benzene rings is 1. The molecule has 0 aromatic heterocycles. The molecule has 0 aliphatic rings. The molecule has 4 nitrogen and oxygen atoms in total. The van der Waals surface area contributed by atoms with Crippen LogP contribution >= 0.6 is 0 Å². The first-order chi connectivity index (χ1) is 6.15. The van der Waals surface area contributed by atoms with Crippen LogP contribution in [0, 0.1) is 0 Å². The molecule has 5 heteroatoms. The third-order valence-electron chi connectivity index (χ3n) is 1.50. The van der Waals surface area contributed by atoms with Crippen molar-refractivity contribution in [2.45, 2.75) is 6.92 Å². The molecule has 70 valence electrons. The molecule has 1 rings (SSSR count). The van der Waals surface area contributed by atoms with Crippen LogP contribution in [0.3, 0.4) is 0 Å². The number of aromatic carboxylic acids is 1. The summed E-state index contributed by atoms with van der Waals surface area (Å²) in [5.41, 5.74) is -0.233. The Hall–Kier alpha value is -0.0736. The fourth-order valence-corrected chi connectivity index (χ4v) is 0.941. The van der Waals surface area contributed by atoms with E-state index in [9.17, 15) is 15.0 Å². The van der Waals surface area contributed by atoms with Crippen molar-refractivity contribution >= 4 is 5.97 Å². The van der Waals surface area contributed by atoms with Gasteiger partial charge in [-0.1, -0.05) is 0 Å². The molecule has 0 unspecified atom stereocenters. The summed E-state index contributed by atoms with van der Waals surface area (Å²) in [7, 11) is 0. The van der Waals surface area contributed by atoms with Crippen molar-refractivity contribution in [2.24, 2.45) is 0 Å². The van der Waals surface area contributed by atoms with E-state index in [2.05, 4.69) is 0 Å². The minimum absolute atomic E-state index is 0. The summed E-state index contributed by atoms with van der Waals surface area (Å²) < 4.78 is 5.05. The summed E-state index contributed by atoms with van der Waals surface area (Å²) in [6.45, 7) is 2.26. The van der Waals surface area contributed by atoms with Gasteiger partial charge < -0.3 is 19.7 Å². The van der Waals surface area contributed by atoms with E-state index in [1.54, 1.807) is 6.92 Å². The molecule has 0 spiro atoms. The van der Waals surface area contributed by atoms with Gasteiger partial charge in [-0.2, -0.15) is 0 Å². The Balaban J connectivity index is 0.00000169. The number of hydrogen-bond acceptors (Lipinski definition) is 4. The summed E-state index contributed by atoms with van der Waals surface area (Å²) in [4.78, 5) is 10.4. The van der Waals surface area contributed by atoms with E-state index >= 15 is 0 Å². The zero-order valence-electron chi connectivity index (χ0n) is 8.11. The number of ether oxygens (including phenoxy) is 1. The minimum Gasteiger partial charge on any atom is -0.545 e. The first-order valence-electron chi connectivity index (χ1n) is 3.82. The van der Waals surface area contributed by atoms with Crippen molar-refractivity contribution in [1.29, 1.82) is 0 Å². The standard InChI is InChI=1S/C9H10O4.K/c1-2-13-6-3-4-7(9(11)12)8(10)5-6;/h3-5,10H,2H2,1H3,(H,11,12);/q;+1/p-1. The Kier molecular flexibility index (Phi) is 6.38. The number of aromatic hydroxyl groups is 1. The predicted octanol–water partition coefficient (Wildman–Crippen LogP) is -2.84. The number of carboxylic acid groups (broad SMARTS) is 1. The van der Waals surface area contributed by atoms with Crippen LogP contribution in [0.15, 0.2) is 18.2 Å². The van der Waals surface area contributed by atoms with Crippen LogP contribution < -0.4 is 61.2 Å². The SMILES string of the molecule is CCOc1ccc(C(=O)[O-])c(O)c1.[K+]. The van der Waals surface area contributed by atoms with Crippen molar-refractivity contribution in [2.75, 3.05) is 6.61 Å². The van der Waals surface area contributed by atoms with E-state index in [1.165, 1.54) is 18.2 Å². The van der Waals surface area contributed by atoms with Crippen molar-refractivity contribution in [3.8, 4) is 11.5 Å². The van der Waals surface area contributed by atoms with Crippen LogP contribution in [-0.2, 0) is 0 Å². The van der Waals surface area contributed by atoms with Crippen LogP contribution in [0.2, 0.25) is 0 Å². The number of carbonyl (C=O) groups is 1. The third kappa shape index (κ3) is 3.59. The number of phenols is 1. The Bertz CT molecular complexity index is 325. The van der Waals surface area contributed by atoms with Gasteiger partial charge in [-0.25, -0.2) is 0 Å². The van der Waals surface area contributed by atoms with Crippen molar-refractivity contribution < 1.29 is 71.1 Å². The molecule has 0 aliphatic heterocycles. The van der Waals surface area contributed by atoms with E-state index in [0.717, 1.165) is 0 Å². The molecule has 0 saturated heterocycles. The van der Waals surface area contributed by atoms with Crippen molar-refractivity contribution in [3.63, 3.8) is 0 Å². The maximum atomic E-state index is 10.4. The number of carbonyl (C=O) groups excluding carboxylic acids is 1. The summed E-state index contributed by atoms with van der Waals surface area (Å²) in [5, 5.41) is 19.6. The van der Waals surface area contributed by atoms with Gasteiger partial charge in [-0.3, -0.25) is 0 Å². The molecule has 14 heavy (non-hydrogen) atoms. The normalized spacial score (nSPS) is 8.93. The van der Waals surface area contributed by atoms with Gasteiger partial charge in [0.1, 0.15) is 11.5 Å². The number of hydrogen-bond donors (Lipinski definition) is 1. The van der Waals surface area contributed by atoms with E-state index in [1.807, 2.05) is 0 Å². The van der Waals surface area contributed by atoms with Gasteiger partial charge in [0.05, 0.1) is 12.6 Å². The molecule has 0 amide bonds. The predicted molar refractivity (Wildman–Crippen MR) is 43.6 cm³/mol. The second kappa shape index (κ2) is 6.42.